The monoisotopic (exact) mass is 212 g/mol. The average Bonchev–Trinajstić information content (AvgIpc) is 1.78. The van der Waals surface area contributed by atoms with E-state index in [0.717, 1.165) is 0 Å². The van der Waals surface area contributed by atoms with E-state index in [2.05, 4.69) is 10.8 Å². The molecule has 0 heterocycles. The Balaban J connectivity index is 4.03. The molecule has 0 fully saturated rings. The zero-order valence-electron chi connectivity index (χ0n) is 7.29. The van der Waals surface area contributed by atoms with Gasteiger partial charge in [0.15, 0.2) is 0 Å². The molecule has 0 bridgehead atoms. The summed E-state index contributed by atoms with van der Waals surface area (Å²) in [5.41, 5.74) is 0. The molecule has 0 radical (unpaired) electrons. The van der Waals surface area contributed by atoms with Crippen molar-refractivity contribution < 1.29 is 17.9 Å². The molecule has 12 heavy (non-hydrogen) atoms. The normalized spacial score (nSPS) is 17.0. The highest BCUT2D eigenvalue weighted by atomic mass is 31.2. The van der Waals surface area contributed by atoms with Crippen molar-refractivity contribution in [3.05, 3.63) is 12.7 Å². The molecule has 1 atom stereocenters. The van der Waals surface area contributed by atoms with Crippen molar-refractivity contribution in [3.63, 3.8) is 0 Å². The lowest BCUT2D eigenvalue weighted by Gasteiger charge is -2.20. The fourth-order valence-electron chi connectivity index (χ4n) is 0.800. The predicted octanol–water partition coefficient (Wildman–Crippen LogP) is 2.85. The maximum absolute atomic E-state index is 12.2. The lowest BCUT2D eigenvalue weighted by molar-refractivity contribution is 0.326. The second-order valence-electron chi connectivity index (χ2n) is 3.13. The van der Waals surface area contributed by atoms with Crippen LogP contribution in [0.15, 0.2) is 12.7 Å². The molecule has 1 N–H and O–H groups in total. The number of halogens is 1. The summed E-state index contributed by atoms with van der Waals surface area (Å²) in [7, 11) is -7.12. The Morgan fingerprint density at radius 3 is 2.58 bits per heavy atom. The van der Waals surface area contributed by atoms with Crippen LogP contribution in [0.2, 0.25) is 19.1 Å². The van der Waals surface area contributed by atoms with E-state index in [1.807, 2.05) is 0 Å². The molecule has 0 amide bonds. The molecular weight excluding hydrogens is 198 g/mol. The molecule has 0 aromatic heterocycles. The van der Waals surface area contributed by atoms with E-state index in [0.29, 0.717) is 12.5 Å². The maximum Gasteiger partial charge on any atom is 0.500 e. The minimum atomic E-state index is -4.80. The lowest BCUT2D eigenvalue weighted by Crippen LogP contribution is -2.27. The second kappa shape index (κ2) is 4.32. The van der Waals surface area contributed by atoms with E-state index in [1.54, 1.807) is 19.2 Å². The van der Waals surface area contributed by atoms with Crippen LogP contribution in [0.4, 0.5) is 4.20 Å². The first-order chi connectivity index (χ1) is 5.27. The Morgan fingerprint density at radius 2 is 2.25 bits per heavy atom. The van der Waals surface area contributed by atoms with Crippen LogP contribution in [-0.2, 0) is 8.78 Å². The Bertz CT molecular complexity index is 201. The minimum absolute atomic E-state index is 0.602. The summed E-state index contributed by atoms with van der Waals surface area (Å²) in [6.07, 6.45) is 2.36. The Kier molecular flexibility index (Phi) is 4.34. The molecule has 0 rings (SSSR count). The zero-order valence-corrected chi connectivity index (χ0v) is 9.18. The Hall–Kier alpha value is 0.0369. The largest absolute Gasteiger partial charge is 0.500 e. The first kappa shape index (κ1) is 12.0. The highest BCUT2D eigenvalue weighted by Gasteiger charge is 2.31. The molecule has 0 aliphatic heterocycles. The van der Waals surface area contributed by atoms with Crippen LogP contribution in [0.3, 0.4) is 0 Å². The van der Waals surface area contributed by atoms with Crippen molar-refractivity contribution in [3.8, 4) is 0 Å². The van der Waals surface area contributed by atoms with Crippen molar-refractivity contribution in [2.24, 2.45) is 0 Å². The first-order valence-corrected chi connectivity index (χ1v) is 8.19. The molecular formula is C6H14FO3PSi. The second-order valence-corrected chi connectivity index (χ2v) is 8.78. The summed E-state index contributed by atoms with van der Waals surface area (Å²) >= 11 is 0. The van der Waals surface area contributed by atoms with Crippen LogP contribution in [0.25, 0.3) is 0 Å². The smallest absolute Gasteiger partial charge is 0.327 e. The van der Waals surface area contributed by atoms with E-state index >= 15 is 0 Å². The first-order valence-electron chi connectivity index (χ1n) is 3.61. The van der Waals surface area contributed by atoms with Gasteiger partial charge in [0.05, 0.1) is 0 Å². The van der Waals surface area contributed by atoms with Gasteiger partial charge in [-0.05, 0) is 25.6 Å². The summed E-state index contributed by atoms with van der Waals surface area (Å²) in [5.74, 6) is 0. The molecule has 0 saturated carbocycles. The zero-order chi connectivity index (χ0) is 9.83. The van der Waals surface area contributed by atoms with Crippen LogP contribution >= 0.6 is 7.91 Å². The summed E-state index contributed by atoms with van der Waals surface area (Å²) in [6, 6.07) is 0.602. The van der Waals surface area contributed by atoms with Gasteiger partial charge in [0.25, 0.3) is 0 Å². The fraction of sp³-hybridized carbons (Fsp3) is 0.667. The van der Waals surface area contributed by atoms with Gasteiger partial charge in [-0.25, -0.2) is 4.57 Å². The topological polar surface area (TPSA) is 46.5 Å². The van der Waals surface area contributed by atoms with Gasteiger partial charge in [-0.15, -0.1) is 10.8 Å². The summed E-state index contributed by atoms with van der Waals surface area (Å²) in [6.45, 7) is 6.89. The van der Waals surface area contributed by atoms with Crippen LogP contribution in [0.1, 0.15) is 6.42 Å². The van der Waals surface area contributed by atoms with Gasteiger partial charge < -0.3 is 4.21 Å². The van der Waals surface area contributed by atoms with Crippen molar-refractivity contribution in [2.45, 2.75) is 25.6 Å². The quantitative estimate of drug-likeness (QED) is 0.433. The van der Waals surface area contributed by atoms with E-state index < -0.39 is 16.2 Å². The van der Waals surface area contributed by atoms with Crippen molar-refractivity contribution in [2.75, 3.05) is 0 Å². The van der Waals surface area contributed by atoms with Crippen molar-refractivity contribution in [1.29, 1.82) is 0 Å². The van der Waals surface area contributed by atoms with Crippen molar-refractivity contribution in [1.82, 2.24) is 0 Å². The Morgan fingerprint density at radius 1 is 1.75 bits per heavy atom. The van der Waals surface area contributed by atoms with Crippen LogP contribution in [-0.4, -0.2) is 13.2 Å². The number of allylic oxidation sites excluding steroid dienone is 1. The van der Waals surface area contributed by atoms with E-state index in [-0.39, 0.29) is 0 Å². The third-order valence-electron chi connectivity index (χ3n) is 1.31. The summed E-state index contributed by atoms with van der Waals surface area (Å²) < 4.78 is 26.9. The molecule has 0 aromatic rings. The highest BCUT2D eigenvalue weighted by Crippen LogP contribution is 2.47. The third kappa shape index (κ3) is 6.73. The van der Waals surface area contributed by atoms with E-state index in [4.69, 9.17) is 4.89 Å². The van der Waals surface area contributed by atoms with Crippen LogP contribution in [0.5, 0.6) is 0 Å². The Labute approximate surface area is 73.0 Å². The van der Waals surface area contributed by atoms with Gasteiger partial charge in [0.2, 0.25) is 8.32 Å². The molecule has 72 valence electrons. The molecule has 0 aromatic carbocycles. The van der Waals surface area contributed by atoms with Gasteiger partial charge in [0.1, 0.15) is 0 Å². The van der Waals surface area contributed by atoms with Crippen LogP contribution in [0, 0.1) is 0 Å². The molecule has 0 spiro atoms. The number of rotatable bonds is 5. The molecule has 0 aliphatic carbocycles. The van der Waals surface area contributed by atoms with E-state index in [9.17, 15) is 8.76 Å². The fourth-order valence-corrected chi connectivity index (χ4v) is 4.50. The standard InChI is InChI=1S/C6H14FO3PSi/c1-4-5-6-12(2,3)10-11(7,8)9/h4H,1,5-6H2,2-3H3,(H,8,9). The molecule has 1 unspecified atom stereocenters. The molecule has 0 saturated heterocycles. The van der Waals surface area contributed by atoms with Crippen molar-refractivity contribution >= 4 is 16.2 Å². The maximum atomic E-state index is 12.2. The van der Waals surface area contributed by atoms with Gasteiger partial charge in [-0.3, -0.25) is 4.89 Å². The number of hydrogen-bond donors (Lipinski definition) is 1. The van der Waals surface area contributed by atoms with Gasteiger partial charge >= 0.3 is 7.91 Å². The number of hydrogen-bond acceptors (Lipinski definition) is 2. The van der Waals surface area contributed by atoms with Gasteiger partial charge in [0, 0.05) is 0 Å². The molecule has 3 nitrogen and oxygen atoms in total. The van der Waals surface area contributed by atoms with Gasteiger partial charge in [-0.1, -0.05) is 6.08 Å². The average molecular weight is 212 g/mol. The minimum Gasteiger partial charge on any atom is -0.327 e. The van der Waals surface area contributed by atoms with Crippen LogP contribution < -0.4 is 0 Å². The van der Waals surface area contributed by atoms with E-state index in [1.165, 1.54) is 0 Å². The third-order valence-corrected chi connectivity index (χ3v) is 5.68. The highest BCUT2D eigenvalue weighted by molar-refractivity contribution is 7.48. The predicted molar refractivity (Wildman–Crippen MR) is 49.1 cm³/mol. The summed E-state index contributed by atoms with van der Waals surface area (Å²) in [4.78, 5) is 8.33. The molecule has 6 heteroatoms. The van der Waals surface area contributed by atoms with Gasteiger partial charge in [-0.2, -0.15) is 0 Å². The summed E-state index contributed by atoms with van der Waals surface area (Å²) in [5, 5.41) is 0. The lowest BCUT2D eigenvalue weighted by atomic mass is 10.5. The molecule has 0 aliphatic rings. The SMILES string of the molecule is C=CCC[Si](C)(C)OP(=O)(O)F.